The lowest BCUT2D eigenvalue weighted by molar-refractivity contribution is -0.132. The van der Waals surface area contributed by atoms with E-state index in [-0.39, 0.29) is 28.0 Å². The third kappa shape index (κ3) is 5.11. The van der Waals surface area contributed by atoms with Crippen molar-refractivity contribution in [2.75, 3.05) is 39.0 Å². The first-order valence-corrected chi connectivity index (χ1v) is 10.9. The number of allylic oxidation sites excluding steroid dienone is 1. The van der Waals surface area contributed by atoms with Crippen molar-refractivity contribution in [1.29, 1.82) is 0 Å². The number of sulfone groups is 1. The molecule has 1 aromatic rings. The Morgan fingerprint density at radius 2 is 1.90 bits per heavy atom. The number of nitrogens with one attached hydrogen (secondary N) is 1. The summed E-state index contributed by atoms with van der Waals surface area (Å²) in [6, 6.07) is 4.48. The number of anilines is 1. The highest BCUT2D eigenvalue weighted by Gasteiger charge is 2.37. The minimum atomic E-state index is -4.49. The third-order valence-electron chi connectivity index (χ3n) is 4.99. The zero-order chi connectivity index (χ0) is 21.4. The van der Waals surface area contributed by atoms with Crippen molar-refractivity contribution in [3.05, 3.63) is 29.2 Å². The Hall–Kier alpha value is -2.07. The van der Waals surface area contributed by atoms with E-state index < -0.39 is 22.4 Å². The van der Waals surface area contributed by atoms with Crippen LogP contribution < -0.4 is 5.32 Å². The van der Waals surface area contributed by atoms with E-state index in [1.807, 2.05) is 14.1 Å². The van der Waals surface area contributed by atoms with Gasteiger partial charge < -0.3 is 15.1 Å². The number of hydrogen-bond acceptors (Lipinski definition) is 5. The van der Waals surface area contributed by atoms with Crippen LogP contribution in [0.25, 0.3) is 5.57 Å². The standard InChI is InChI=1S/C19H24F3N3O3S/c1-24(2)11-17(26)25-8-6-14(7-9-25)23-16-5-3-4-15-13(10-19(20,21)22)12-29(27,28)18(15)16/h3-5,12,14,23H,6-11H2,1-2H3. The van der Waals surface area contributed by atoms with Gasteiger partial charge in [-0.05, 0) is 44.1 Å². The van der Waals surface area contributed by atoms with Gasteiger partial charge in [-0.3, -0.25) is 4.79 Å². The van der Waals surface area contributed by atoms with Crippen molar-refractivity contribution in [1.82, 2.24) is 9.80 Å². The molecule has 1 aromatic carbocycles. The summed E-state index contributed by atoms with van der Waals surface area (Å²) in [5.41, 5.74) is 0.181. The quantitative estimate of drug-likeness (QED) is 0.777. The van der Waals surface area contributed by atoms with Gasteiger partial charge in [-0.1, -0.05) is 12.1 Å². The fourth-order valence-electron chi connectivity index (χ4n) is 3.74. The van der Waals surface area contributed by atoms with Crippen LogP contribution in [0.3, 0.4) is 0 Å². The Balaban J connectivity index is 1.73. The van der Waals surface area contributed by atoms with Crippen LogP contribution in [-0.4, -0.2) is 70.1 Å². The first kappa shape index (κ1) is 21.6. The van der Waals surface area contributed by atoms with Gasteiger partial charge in [0.1, 0.15) is 4.90 Å². The van der Waals surface area contributed by atoms with E-state index in [0.29, 0.717) is 38.2 Å². The monoisotopic (exact) mass is 431 g/mol. The molecule has 0 radical (unpaired) electrons. The van der Waals surface area contributed by atoms with Crippen LogP contribution in [0.1, 0.15) is 24.8 Å². The van der Waals surface area contributed by atoms with Gasteiger partial charge in [0.15, 0.2) is 0 Å². The van der Waals surface area contributed by atoms with Gasteiger partial charge in [0.2, 0.25) is 15.7 Å². The van der Waals surface area contributed by atoms with Gasteiger partial charge in [0.25, 0.3) is 0 Å². The topological polar surface area (TPSA) is 69.7 Å². The molecule has 1 amide bonds. The van der Waals surface area contributed by atoms with Crippen LogP contribution in [0.4, 0.5) is 18.9 Å². The fourth-order valence-corrected chi connectivity index (χ4v) is 5.38. The number of likely N-dealkylation sites (tertiary alicyclic amines) is 1. The molecule has 2 heterocycles. The molecule has 0 spiro atoms. The molecule has 6 nitrogen and oxygen atoms in total. The van der Waals surface area contributed by atoms with E-state index in [4.69, 9.17) is 0 Å². The lowest BCUT2D eigenvalue weighted by Crippen LogP contribution is -2.45. The molecule has 29 heavy (non-hydrogen) atoms. The number of piperidine rings is 1. The van der Waals surface area contributed by atoms with Gasteiger partial charge in [0.05, 0.1) is 18.7 Å². The molecule has 1 fully saturated rings. The van der Waals surface area contributed by atoms with Gasteiger partial charge in [-0.25, -0.2) is 8.42 Å². The summed E-state index contributed by atoms with van der Waals surface area (Å²) in [5.74, 6) is 0.0395. The van der Waals surface area contributed by atoms with Crippen LogP contribution >= 0.6 is 0 Å². The number of halogens is 3. The molecule has 0 bridgehead atoms. The van der Waals surface area contributed by atoms with E-state index in [0.717, 1.165) is 5.41 Å². The van der Waals surface area contributed by atoms with Crippen molar-refractivity contribution in [2.45, 2.75) is 36.4 Å². The Morgan fingerprint density at radius 3 is 2.48 bits per heavy atom. The van der Waals surface area contributed by atoms with Crippen LogP contribution in [0.5, 0.6) is 0 Å². The summed E-state index contributed by atoms with van der Waals surface area (Å²) in [6.07, 6.45) is -4.51. The number of carbonyl (C=O) groups excluding carboxylic acids is 1. The van der Waals surface area contributed by atoms with Crippen molar-refractivity contribution >= 4 is 27.0 Å². The molecule has 0 unspecified atom stereocenters. The Bertz CT molecular complexity index is 918. The fraction of sp³-hybridized carbons (Fsp3) is 0.526. The number of amides is 1. The van der Waals surface area contributed by atoms with Crippen LogP contribution in [0, 0.1) is 0 Å². The van der Waals surface area contributed by atoms with E-state index >= 15 is 0 Å². The molecular weight excluding hydrogens is 407 g/mol. The van der Waals surface area contributed by atoms with Gasteiger partial charge in [-0.15, -0.1) is 0 Å². The van der Waals surface area contributed by atoms with Crippen molar-refractivity contribution < 1.29 is 26.4 Å². The molecule has 1 N–H and O–H groups in total. The lowest BCUT2D eigenvalue weighted by Gasteiger charge is -2.33. The maximum Gasteiger partial charge on any atom is 0.393 e. The number of carbonyl (C=O) groups is 1. The largest absolute Gasteiger partial charge is 0.393 e. The molecule has 3 rings (SSSR count). The third-order valence-corrected chi connectivity index (χ3v) is 6.60. The van der Waals surface area contributed by atoms with Gasteiger partial charge >= 0.3 is 6.18 Å². The van der Waals surface area contributed by atoms with E-state index in [1.54, 1.807) is 21.9 Å². The predicted molar refractivity (Wildman–Crippen MR) is 104 cm³/mol. The molecule has 10 heteroatoms. The molecule has 0 saturated carbocycles. The summed E-state index contributed by atoms with van der Waals surface area (Å²) in [6.45, 7) is 1.42. The second kappa shape index (κ2) is 7.98. The number of benzene rings is 1. The van der Waals surface area contributed by atoms with Gasteiger partial charge in [-0.2, -0.15) is 13.2 Å². The molecule has 0 aromatic heterocycles. The van der Waals surface area contributed by atoms with Crippen molar-refractivity contribution in [2.24, 2.45) is 0 Å². The first-order chi connectivity index (χ1) is 13.5. The summed E-state index contributed by atoms with van der Waals surface area (Å²) < 4.78 is 63.5. The molecule has 1 saturated heterocycles. The SMILES string of the molecule is CN(C)CC(=O)N1CCC(Nc2cccc3c2S(=O)(=O)C=C3CC(F)(F)F)CC1. The summed E-state index contributed by atoms with van der Waals surface area (Å²) in [7, 11) is -0.295. The van der Waals surface area contributed by atoms with Crippen LogP contribution in [0.15, 0.2) is 28.5 Å². The summed E-state index contributed by atoms with van der Waals surface area (Å²) >= 11 is 0. The van der Waals surface area contributed by atoms with Crippen LogP contribution in [0.2, 0.25) is 0 Å². The smallest absolute Gasteiger partial charge is 0.381 e. The number of likely N-dealkylation sites (N-methyl/N-ethyl adjacent to an activating group) is 1. The van der Waals surface area contributed by atoms with Crippen molar-refractivity contribution in [3.8, 4) is 0 Å². The molecule has 160 valence electrons. The van der Waals surface area contributed by atoms with E-state index in [1.165, 1.54) is 6.07 Å². The normalized spacial score (nSPS) is 19.2. The Labute approximate surface area is 168 Å². The Morgan fingerprint density at radius 1 is 1.24 bits per heavy atom. The average Bonchev–Trinajstić information content (AvgIpc) is 2.84. The van der Waals surface area contributed by atoms with Crippen LogP contribution in [-0.2, 0) is 14.6 Å². The maximum atomic E-state index is 12.8. The molecule has 2 aliphatic heterocycles. The minimum Gasteiger partial charge on any atom is -0.381 e. The molecule has 2 aliphatic rings. The second-order valence-electron chi connectivity index (χ2n) is 7.70. The predicted octanol–water partition coefficient (Wildman–Crippen LogP) is 2.73. The number of fused-ring (bicyclic) bond motifs is 1. The van der Waals surface area contributed by atoms with E-state index in [9.17, 15) is 26.4 Å². The minimum absolute atomic E-state index is 0.0395. The highest BCUT2D eigenvalue weighted by atomic mass is 32.2. The summed E-state index contributed by atoms with van der Waals surface area (Å²) in [5, 5.41) is 3.90. The molecule has 0 aliphatic carbocycles. The number of alkyl halides is 3. The zero-order valence-corrected chi connectivity index (χ0v) is 17.1. The highest BCUT2D eigenvalue weighted by Crippen LogP contribution is 2.43. The average molecular weight is 431 g/mol. The number of nitrogens with zero attached hydrogens (tertiary/aromatic N) is 2. The molecule has 0 atom stereocenters. The highest BCUT2D eigenvalue weighted by molar-refractivity contribution is 7.95. The second-order valence-corrected chi connectivity index (χ2v) is 9.43. The first-order valence-electron chi connectivity index (χ1n) is 9.31. The molecular formula is C19H24F3N3O3S. The number of hydrogen-bond donors (Lipinski definition) is 1. The number of rotatable bonds is 5. The maximum absolute atomic E-state index is 12.8. The zero-order valence-electron chi connectivity index (χ0n) is 16.3. The Kier molecular flexibility index (Phi) is 5.96. The van der Waals surface area contributed by atoms with Crippen molar-refractivity contribution in [3.63, 3.8) is 0 Å². The summed E-state index contributed by atoms with van der Waals surface area (Å²) in [4.78, 5) is 15.6. The van der Waals surface area contributed by atoms with Gasteiger partial charge in [0, 0.05) is 24.5 Å². The van der Waals surface area contributed by atoms with E-state index in [2.05, 4.69) is 5.32 Å². The lowest BCUT2D eigenvalue weighted by atomic mass is 10.0.